The third-order valence-electron chi connectivity index (χ3n) is 4.97. The van der Waals surface area contributed by atoms with Crippen LogP contribution in [0.2, 0.25) is 0 Å². The largest absolute Gasteiger partial charge is 0.457 e. The Labute approximate surface area is 174 Å². The molecule has 0 saturated carbocycles. The van der Waals surface area contributed by atoms with Crippen LogP contribution in [0.5, 0.6) is 11.5 Å². The number of ether oxygens (including phenoxy) is 2. The van der Waals surface area contributed by atoms with Gasteiger partial charge in [0, 0.05) is 19.6 Å². The van der Waals surface area contributed by atoms with Crippen LogP contribution in [0.15, 0.2) is 71.4 Å². The molecule has 1 atom stereocenters. The number of nitrogens with one attached hydrogen (secondary N) is 1. The number of thiophene rings is 1. The number of morpholine rings is 1. The molecule has 1 saturated heterocycles. The predicted octanol–water partition coefficient (Wildman–Crippen LogP) is 4.34. The van der Waals surface area contributed by atoms with Gasteiger partial charge in [0.05, 0.1) is 24.8 Å². The summed E-state index contributed by atoms with van der Waals surface area (Å²) in [7, 11) is 0. The van der Waals surface area contributed by atoms with Gasteiger partial charge in [-0.15, -0.1) is 0 Å². The van der Waals surface area contributed by atoms with Crippen LogP contribution in [0.25, 0.3) is 0 Å². The number of benzene rings is 2. The molecule has 0 spiro atoms. The van der Waals surface area contributed by atoms with Gasteiger partial charge in [-0.05, 0) is 46.7 Å². The van der Waals surface area contributed by atoms with E-state index in [1.54, 1.807) is 17.4 Å². The van der Waals surface area contributed by atoms with Crippen molar-refractivity contribution >= 4 is 17.2 Å². The van der Waals surface area contributed by atoms with E-state index in [0.717, 1.165) is 26.3 Å². The fourth-order valence-corrected chi connectivity index (χ4v) is 4.16. The number of carbonyl (C=O) groups is 1. The zero-order valence-electron chi connectivity index (χ0n) is 16.1. The summed E-state index contributed by atoms with van der Waals surface area (Å²) in [6, 6.07) is 19.1. The fourth-order valence-electron chi connectivity index (χ4n) is 3.45. The van der Waals surface area contributed by atoms with Crippen molar-refractivity contribution in [3.63, 3.8) is 0 Å². The van der Waals surface area contributed by atoms with Gasteiger partial charge in [-0.1, -0.05) is 30.3 Å². The number of hydrogen-bond donors (Lipinski definition) is 1. The van der Waals surface area contributed by atoms with Crippen LogP contribution in [0.4, 0.5) is 0 Å². The van der Waals surface area contributed by atoms with Crippen LogP contribution < -0.4 is 10.1 Å². The van der Waals surface area contributed by atoms with E-state index in [-0.39, 0.29) is 11.9 Å². The first-order valence-corrected chi connectivity index (χ1v) is 10.7. The second-order valence-electron chi connectivity index (χ2n) is 6.84. The van der Waals surface area contributed by atoms with Crippen LogP contribution in [0.1, 0.15) is 22.0 Å². The Hall–Kier alpha value is -2.67. The predicted molar refractivity (Wildman–Crippen MR) is 115 cm³/mol. The second kappa shape index (κ2) is 9.69. The molecule has 1 unspecified atom stereocenters. The number of amides is 1. The van der Waals surface area contributed by atoms with E-state index in [1.165, 1.54) is 5.56 Å². The first-order valence-electron chi connectivity index (χ1n) is 9.75. The summed E-state index contributed by atoms with van der Waals surface area (Å²) in [5.74, 6) is 1.12. The Bertz CT molecular complexity index is 909. The number of rotatable bonds is 7. The highest BCUT2D eigenvalue weighted by molar-refractivity contribution is 7.07. The molecule has 0 bridgehead atoms. The molecule has 1 aliphatic rings. The van der Waals surface area contributed by atoms with Crippen LogP contribution in [-0.2, 0) is 4.74 Å². The first-order chi connectivity index (χ1) is 14.3. The van der Waals surface area contributed by atoms with E-state index in [1.807, 2.05) is 48.5 Å². The summed E-state index contributed by atoms with van der Waals surface area (Å²) in [6.07, 6.45) is 0. The Morgan fingerprint density at radius 3 is 2.59 bits per heavy atom. The van der Waals surface area contributed by atoms with Gasteiger partial charge in [0.15, 0.2) is 0 Å². The molecule has 1 fully saturated rings. The van der Waals surface area contributed by atoms with E-state index >= 15 is 0 Å². The summed E-state index contributed by atoms with van der Waals surface area (Å²) >= 11 is 1.68. The van der Waals surface area contributed by atoms with Gasteiger partial charge >= 0.3 is 0 Å². The standard InChI is InChI=1S/C23H24N2O3S/c26-23(20-8-4-5-9-22(20)28-19-6-2-1-3-7-19)24-16-21(18-10-15-29-17-18)25-11-13-27-14-12-25/h1-10,15,17,21H,11-14,16H2,(H,24,26). The molecular weight excluding hydrogens is 384 g/mol. The normalized spacial score (nSPS) is 15.6. The van der Waals surface area contributed by atoms with Crippen molar-refractivity contribution in [3.8, 4) is 11.5 Å². The lowest BCUT2D eigenvalue weighted by Gasteiger charge is -2.34. The molecule has 1 N–H and O–H groups in total. The lowest BCUT2D eigenvalue weighted by molar-refractivity contribution is 0.0163. The Balaban J connectivity index is 1.47. The van der Waals surface area contributed by atoms with Crippen LogP contribution in [0, 0.1) is 0 Å². The highest BCUT2D eigenvalue weighted by atomic mass is 32.1. The summed E-state index contributed by atoms with van der Waals surface area (Å²) in [5, 5.41) is 7.34. The molecule has 5 nitrogen and oxygen atoms in total. The maximum Gasteiger partial charge on any atom is 0.255 e. The van der Waals surface area contributed by atoms with Crippen LogP contribution >= 0.6 is 11.3 Å². The summed E-state index contributed by atoms with van der Waals surface area (Å²) in [5.41, 5.74) is 1.76. The van der Waals surface area contributed by atoms with Gasteiger partial charge in [-0.2, -0.15) is 11.3 Å². The minimum atomic E-state index is -0.134. The van der Waals surface area contributed by atoms with E-state index in [9.17, 15) is 4.79 Å². The van der Waals surface area contributed by atoms with Crippen molar-refractivity contribution in [1.82, 2.24) is 10.2 Å². The van der Waals surface area contributed by atoms with Gasteiger partial charge in [0.1, 0.15) is 11.5 Å². The topological polar surface area (TPSA) is 50.8 Å². The maximum absolute atomic E-state index is 13.0. The monoisotopic (exact) mass is 408 g/mol. The van der Waals surface area contributed by atoms with Crippen molar-refractivity contribution in [2.24, 2.45) is 0 Å². The van der Waals surface area contributed by atoms with Gasteiger partial charge in [0.25, 0.3) is 5.91 Å². The third-order valence-corrected chi connectivity index (χ3v) is 5.67. The van der Waals surface area contributed by atoms with Gasteiger partial charge in [0.2, 0.25) is 0 Å². The Morgan fingerprint density at radius 1 is 1.07 bits per heavy atom. The minimum absolute atomic E-state index is 0.134. The summed E-state index contributed by atoms with van der Waals surface area (Å²) < 4.78 is 11.4. The van der Waals surface area contributed by atoms with Crippen molar-refractivity contribution in [1.29, 1.82) is 0 Å². The highest BCUT2D eigenvalue weighted by Gasteiger charge is 2.24. The smallest absolute Gasteiger partial charge is 0.255 e. The first kappa shape index (κ1) is 19.6. The van der Waals surface area contributed by atoms with Gasteiger partial charge in [-0.25, -0.2) is 0 Å². The molecule has 3 aromatic rings. The zero-order chi connectivity index (χ0) is 19.9. The van der Waals surface area contributed by atoms with E-state index in [0.29, 0.717) is 23.6 Å². The van der Waals surface area contributed by atoms with Crippen LogP contribution in [0.3, 0.4) is 0 Å². The number of nitrogens with zero attached hydrogens (tertiary/aromatic N) is 1. The molecule has 1 aromatic heterocycles. The van der Waals surface area contributed by atoms with Crippen molar-refractivity contribution < 1.29 is 14.3 Å². The van der Waals surface area contributed by atoms with Crippen molar-refractivity contribution in [2.75, 3.05) is 32.8 Å². The molecule has 4 rings (SSSR count). The van der Waals surface area contributed by atoms with E-state index < -0.39 is 0 Å². The number of para-hydroxylation sites is 2. The molecule has 6 heteroatoms. The van der Waals surface area contributed by atoms with Crippen LogP contribution in [-0.4, -0.2) is 43.7 Å². The van der Waals surface area contributed by atoms with Crippen molar-refractivity contribution in [2.45, 2.75) is 6.04 Å². The van der Waals surface area contributed by atoms with Gasteiger partial charge < -0.3 is 14.8 Å². The second-order valence-corrected chi connectivity index (χ2v) is 7.62. The minimum Gasteiger partial charge on any atom is -0.457 e. The van der Waals surface area contributed by atoms with Crippen molar-refractivity contribution in [3.05, 3.63) is 82.6 Å². The Morgan fingerprint density at radius 2 is 1.83 bits per heavy atom. The number of hydrogen-bond acceptors (Lipinski definition) is 5. The molecule has 2 aromatic carbocycles. The lowest BCUT2D eigenvalue weighted by Crippen LogP contribution is -2.43. The lowest BCUT2D eigenvalue weighted by atomic mass is 10.1. The Kier molecular flexibility index (Phi) is 6.56. The molecule has 1 amide bonds. The molecule has 2 heterocycles. The van der Waals surface area contributed by atoms with Gasteiger partial charge in [-0.3, -0.25) is 9.69 Å². The molecule has 0 aliphatic carbocycles. The molecule has 29 heavy (non-hydrogen) atoms. The quantitative estimate of drug-likeness (QED) is 0.632. The van der Waals surface area contributed by atoms with E-state index in [2.05, 4.69) is 27.0 Å². The number of carbonyl (C=O) groups excluding carboxylic acids is 1. The van der Waals surface area contributed by atoms with E-state index in [4.69, 9.17) is 9.47 Å². The molecule has 0 radical (unpaired) electrons. The molecule has 150 valence electrons. The zero-order valence-corrected chi connectivity index (χ0v) is 16.9. The molecule has 1 aliphatic heterocycles. The third kappa shape index (κ3) is 5.03. The maximum atomic E-state index is 13.0. The average Bonchev–Trinajstić information content (AvgIpc) is 3.30. The average molecular weight is 409 g/mol. The SMILES string of the molecule is O=C(NCC(c1ccsc1)N1CCOCC1)c1ccccc1Oc1ccccc1. The summed E-state index contributed by atoms with van der Waals surface area (Å²) in [4.78, 5) is 15.4. The summed E-state index contributed by atoms with van der Waals surface area (Å²) in [6.45, 7) is 3.72. The fraction of sp³-hybridized carbons (Fsp3) is 0.261. The molecular formula is C23H24N2O3S. The highest BCUT2D eigenvalue weighted by Crippen LogP contribution is 2.26.